The molecular formula is C45H83NO8P+. The summed E-state index contributed by atoms with van der Waals surface area (Å²) in [4.78, 5) is 35.3. The third-order valence-corrected chi connectivity index (χ3v) is 10.1. The van der Waals surface area contributed by atoms with Crippen molar-refractivity contribution in [1.82, 2.24) is 0 Å². The number of rotatable bonds is 39. The van der Waals surface area contributed by atoms with Crippen LogP contribution in [-0.4, -0.2) is 74.9 Å². The highest BCUT2D eigenvalue weighted by Crippen LogP contribution is 2.43. The van der Waals surface area contributed by atoms with Crippen molar-refractivity contribution in [3.63, 3.8) is 0 Å². The van der Waals surface area contributed by atoms with Gasteiger partial charge in [0.2, 0.25) is 0 Å². The van der Waals surface area contributed by atoms with E-state index >= 15 is 0 Å². The number of esters is 2. The van der Waals surface area contributed by atoms with Crippen LogP contribution in [0, 0.1) is 0 Å². The van der Waals surface area contributed by atoms with Gasteiger partial charge in [0.15, 0.2) is 6.10 Å². The first-order chi connectivity index (χ1) is 26.5. The van der Waals surface area contributed by atoms with Crippen LogP contribution in [0.3, 0.4) is 0 Å². The Labute approximate surface area is 337 Å². The zero-order chi connectivity index (χ0) is 40.7. The molecule has 1 N–H and O–H groups in total. The summed E-state index contributed by atoms with van der Waals surface area (Å²) in [5.41, 5.74) is 0. The molecule has 0 aliphatic carbocycles. The zero-order valence-electron chi connectivity index (χ0n) is 35.9. The van der Waals surface area contributed by atoms with Gasteiger partial charge in [-0.3, -0.25) is 18.6 Å². The maximum absolute atomic E-state index is 12.7. The highest BCUT2D eigenvalue weighted by atomic mass is 31.2. The van der Waals surface area contributed by atoms with Crippen molar-refractivity contribution in [2.24, 2.45) is 0 Å². The highest BCUT2D eigenvalue weighted by molar-refractivity contribution is 7.47. The molecule has 55 heavy (non-hydrogen) atoms. The fourth-order valence-electron chi connectivity index (χ4n) is 5.61. The van der Waals surface area contributed by atoms with Gasteiger partial charge >= 0.3 is 19.8 Å². The van der Waals surface area contributed by atoms with Crippen LogP contribution in [0.2, 0.25) is 0 Å². The van der Waals surface area contributed by atoms with Gasteiger partial charge in [0.25, 0.3) is 0 Å². The van der Waals surface area contributed by atoms with Crippen LogP contribution < -0.4 is 0 Å². The van der Waals surface area contributed by atoms with E-state index in [9.17, 15) is 19.0 Å². The monoisotopic (exact) mass is 797 g/mol. The first-order valence-corrected chi connectivity index (χ1v) is 23.4. The lowest BCUT2D eigenvalue weighted by Gasteiger charge is -2.24. The number of quaternary nitrogens is 1. The second kappa shape index (κ2) is 37.5. The van der Waals surface area contributed by atoms with E-state index in [2.05, 4.69) is 62.5 Å². The standard InChI is InChI=1S/C45H82NO8P/c1-6-8-10-12-14-16-18-20-22-23-24-26-28-30-32-34-36-38-45(48)54-43(42-53-55(49,50)52-40-39-46(3,4)5)41-51-44(47)37-35-33-31-29-27-25-21-19-17-15-13-11-9-7-2/h19-22,24,26,30,32,43H,6-18,23,25,27-29,31,33-42H2,1-5H3/p+1/b21-19+,22-20+,26-24+,32-30+/t43-/m1/s1. The van der Waals surface area contributed by atoms with Gasteiger partial charge < -0.3 is 18.9 Å². The van der Waals surface area contributed by atoms with Gasteiger partial charge in [-0.25, -0.2) is 4.57 Å². The maximum atomic E-state index is 12.7. The molecule has 0 aromatic rings. The van der Waals surface area contributed by atoms with Crippen LogP contribution in [-0.2, 0) is 32.7 Å². The van der Waals surface area contributed by atoms with E-state index in [1.165, 1.54) is 77.0 Å². The largest absolute Gasteiger partial charge is 0.472 e. The fraction of sp³-hybridized carbons (Fsp3) is 0.778. The smallest absolute Gasteiger partial charge is 0.462 e. The number of carbonyl (C=O) groups excluding carboxylic acids is 2. The molecule has 0 saturated heterocycles. The number of nitrogens with zero attached hydrogens (tertiary/aromatic N) is 1. The predicted molar refractivity (Wildman–Crippen MR) is 229 cm³/mol. The summed E-state index contributed by atoms with van der Waals surface area (Å²) in [5.74, 6) is -0.871. The molecule has 0 aliphatic rings. The molecule has 1 unspecified atom stereocenters. The van der Waals surface area contributed by atoms with Crippen molar-refractivity contribution in [2.75, 3.05) is 47.5 Å². The molecule has 9 nitrogen and oxygen atoms in total. The molecule has 0 aliphatic heterocycles. The van der Waals surface area contributed by atoms with Crippen molar-refractivity contribution in [3.8, 4) is 0 Å². The minimum atomic E-state index is -4.39. The van der Waals surface area contributed by atoms with Crippen LogP contribution in [0.5, 0.6) is 0 Å². The zero-order valence-corrected chi connectivity index (χ0v) is 36.8. The summed E-state index contributed by atoms with van der Waals surface area (Å²) in [5, 5.41) is 0. The van der Waals surface area contributed by atoms with Crippen molar-refractivity contribution in [3.05, 3.63) is 48.6 Å². The molecule has 0 amide bonds. The summed E-state index contributed by atoms with van der Waals surface area (Å²) in [6, 6.07) is 0. The van der Waals surface area contributed by atoms with E-state index in [0.717, 1.165) is 64.2 Å². The number of phosphoric ester groups is 1. The molecule has 320 valence electrons. The van der Waals surface area contributed by atoms with Gasteiger partial charge in [-0.15, -0.1) is 0 Å². The Balaban J connectivity index is 4.48. The quantitative estimate of drug-likeness (QED) is 0.0215. The number of allylic oxidation sites excluding steroid dienone is 8. The van der Waals surface area contributed by atoms with Gasteiger partial charge in [0.1, 0.15) is 19.8 Å². The van der Waals surface area contributed by atoms with Gasteiger partial charge in [0, 0.05) is 12.8 Å². The van der Waals surface area contributed by atoms with Crippen LogP contribution in [0.15, 0.2) is 48.6 Å². The van der Waals surface area contributed by atoms with Crippen molar-refractivity contribution in [2.45, 2.75) is 180 Å². The number of ether oxygens (including phenoxy) is 2. The molecule has 0 spiro atoms. The molecule has 0 saturated carbocycles. The summed E-state index contributed by atoms with van der Waals surface area (Å²) in [7, 11) is 1.44. The Kier molecular flexibility index (Phi) is 36.2. The summed E-state index contributed by atoms with van der Waals surface area (Å²) >= 11 is 0. The lowest BCUT2D eigenvalue weighted by atomic mass is 10.1. The first kappa shape index (κ1) is 53.0. The second-order valence-corrected chi connectivity index (χ2v) is 17.2. The molecule has 0 fully saturated rings. The van der Waals surface area contributed by atoms with E-state index in [-0.39, 0.29) is 26.1 Å². The number of carbonyl (C=O) groups is 2. The van der Waals surface area contributed by atoms with E-state index in [1.807, 2.05) is 21.1 Å². The molecule has 0 aromatic heterocycles. The van der Waals surface area contributed by atoms with Crippen LogP contribution in [0.4, 0.5) is 0 Å². The average molecular weight is 797 g/mol. The summed E-state index contributed by atoms with van der Waals surface area (Å²) in [6.07, 6.45) is 43.1. The Hall–Kier alpha value is -2.03. The lowest BCUT2D eigenvalue weighted by Crippen LogP contribution is -2.37. The summed E-state index contributed by atoms with van der Waals surface area (Å²) < 4.78 is 34.2. The second-order valence-electron chi connectivity index (χ2n) is 15.7. The predicted octanol–water partition coefficient (Wildman–Crippen LogP) is 12.3. The third-order valence-electron chi connectivity index (χ3n) is 9.08. The molecule has 0 radical (unpaired) electrons. The van der Waals surface area contributed by atoms with E-state index in [4.69, 9.17) is 18.5 Å². The summed E-state index contributed by atoms with van der Waals surface area (Å²) in [6.45, 7) is 4.33. The Morgan fingerprint density at radius 3 is 1.53 bits per heavy atom. The number of hydrogen-bond acceptors (Lipinski definition) is 7. The van der Waals surface area contributed by atoms with Crippen LogP contribution >= 0.6 is 7.82 Å². The van der Waals surface area contributed by atoms with Crippen molar-refractivity contribution >= 4 is 19.8 Å². The molecule has 2 atom stereocenters. The van der Waals surface area contributed by atoms with Crippen molar-refractivity contribution < 1.29 is 42.1 Å². The van der Waals surface area contributed by atoms with E-state index < -0.39 is 32.5 Å². The SMILES string of the molecule is CCCCCCC/C=C/CCCCCCCC(=O)OC[C@H](COP(=O)(O)OCC[N+](C)(C)C)OC(=O)CCC/C=C/C/C=C/C/C=C/CCCCCCCC. The number of phosphoric acid groups is 1. The topological polar surface area (TPSA) is 108 Å². The number of likely N-dealkylation sites (N-methyl/N-ethyl adjacent to an activating group) is 1. The first-order valence-electron chi connectivity index (χ1n) is 21.9. The van der Waals surface area contributed by atoms with Crippen molar-refractivity contribution in [1.29, 1.82) is 0 Å². The Morgan fingerprint density at radius 2 is 1.00 bits per heavy atom. The molecule has 0 aromatic carbocycles. The molecule has 0 heterocycles. The molecule has 0 bridgehead atoms. The molecular weight excluding hydrogens is 713 g/mol. The van der Waals surface area contributed by atoms with Gasteiger partial charge in [-0.1, -0.05) is 140 Å². The van der Waals surface area contributed by atoms with E-state index in [1.54, 1.807) is 0 Å². The van der Waals surface area contributed by atoms with Gasteiger partial charge in [0.05, 0.1) is 27.7 Å². The highest BCUT2D eigenvalue weighted by Gasteiger charge is 2.27. The molecule has 0 rings (SSSR count). The Morgan fingerprint density at radius 1 is 0.564 bits per heavy atom. The third kappa shape index (κ3) is 41.4. The van der Waals surface area contributed by atoms with Gasteiger partial charge in [-0.05, 0) is 70.6 Å². The van der Waals surface area contributed by atoms with Crippen LogP contribution in [0.25, 0.3) is 0 Å². The molecule has 10 heteroatoms. The van der Waals surface area contributed by atoms with Gasteiger partial charge in [-0.2, -0.15) is 0 Å². The number of unbranched alkanes of at least 4 members (excludes halogenated alkanes) is 17. The normalized spacial score (nSPS) is 14.1. The fourth-order valence-corrected chi connectivity index (χ4v) is 6.35. The minimum absolute atomic E-state index is 0.0201. The Bertz CT molecular complexity index is 1080. The lowest BCUT2D eigenvalue weighted by molar-refractivity contribution is -0.870. The average Bonchev–Trinajstić information content (AvgIpc) is 3.13. The maximum Gasteiger partial charge on any atom is 0.472 e. The van der Waals surface area contributed by atoms with Crippen LogP contribution in [0.1, 0.15) is 174 Å². The minimum Gasteiger partial charge on any atom is -0.462 e. The van der Waals surface area contributed by atoms with E-state index in [0.29, 0.717) is 17.4 Å². The number of hydrogen-bond donors (Lipinski definition) is 1.